The van der Waals surface area contributed by atoms with Crippen molar-refractivity contribution in [2.24, 2.45) is 0 Å². The van der Waals surface area contributed by atoms with E-state index in [-0.39, 0.29) is 29.2 Å². The van der Waals surface area contributed by atoms with E-state index >= 15 is 0 Å². The minimum atomic E-state index is -1.21. The summed E-state index contributed by atoms with van der Waals surface area (Å²) in [5.41, 5.74) is -0.666. The van der Waals surface area contributed by atoms with Crippen LogP contribution in [0, 0.1) is 0 Å². The monoisotopic (exact) mass is 409 g/mol. The molecule has 0 saturated heterocycles. The summed E-state index contributed by atoms with van der Waals surface area (Å²) in [6.45, 7) is 1.78. The zero-order chi connectivity index (χ0) is 19.6. The van der Waals surface area contributed by atoms with Crippen molar-refractivity contribution in [3.8, 4) is 0 Å². The van der Waals surface area contributed by atoms with Crippen LogP contribution in [0.2, 0.25) is 0 Å². The number of carbonyl (C=O) groups excluding carboxylic acids is 1. The third kappa shape index (κ3) is 3.86. The van der Waals surface area contributed by atoms with Crippen molar-refractivity contribution in [2.45, 2.75) is 26.5 Å². The number of methoxy groups -OCH3 is 1. The van der Waals surface area contributed by atoms with E-state index in [0.29, 0.717) is 22.1 Å². The predicted octanol–water partition coefficient (Wildman–Crippen LogP) is 1.36. The second kappa shape index (κ2) is 7.90. The van der Waals surface area contributed by atoms with Gasteiger partial charge in [-0.3, -0.25) is 19.5 Å². The van der Waals surface area contributed by atoms with Crippen LogP contribution in [0.3, 0.4) is 0 Å². The van der Waals surface area contributed by atoms with Gasteiger partial charge in [0.25, 0.3) is 5.56 Å². The van der Waals surface area contributed by atoms with E-state index in [1.807, 2.05) is 0 Å². The molecule has 0 atom stereocenters. The summed E-state index contributed by atoms with van der Waals surface area (Å²) in [7, 11) is 1.53. The zero-order valence-corrected chi connectivity index (χ0v) is 16.0. The first-order valence-electron chi connectivity index (χ1n) is 7.80. The molecule has 0 saturated carbocycles. The lowest BCUT2D eigenvalue weighted by molar-refractivity contribution is -0.116. The minimum Gasteiger partial charge on any atom is -0.478 e. The van der Waals surface area contributed by atoms with Crippen LogP contribution >= 0.6 is 22.7 Å². The summed E-state index contributed by atoms with van der Waals surface area (Å²) in [5.74, 6) is -1.29. The highest BCUT2D eigenvalue weighted by molar-refractivity contribution is 7.17. The van der Waals surface area contributed by atoms with Crippen molar-refractivity contribution < 1.29 is 19.4 Å². The molecule has 12 heteroatoms. The number of carboxylic acid groups (broad SMARTS) is 1. The molecule has 0 spiro atoms. The van der Waals surface area contributed by atoms with E-state index in [9.17, 15) is 19.5 Å². The van der Waals surface area contributed by atoms with E-state index in [1.165, 1.54) is 17.1 Å². The quantitative estimate of drug-likeness (QED) is 0.597. The number of aromatic carboxylic acids is 1. The maximum absolute atomic E-state index is 12.8. The maximum Gasteiger partial charge on any atom is 0.337 e. The topological polar surface area (TPSA) is 136 Å². The molecule has 3 aromatic heterocycles. The van der Waals surface area contributed by atoms with E-state index in [4.69, 9.17) is 4.74 Å². The van der Waals surface area contributed by atoms with Crippen LogP contribution in [-0.2, 0) is 29.1 Å². The fourth-order valence-corrected chi connectivity index (χ4v) is 4.09. The van der Waals surface area contributed by atoms with Crippen LogP contribution in [0.25, 0.3) is 10.2 Å². The summed E-state index contributed by atoms with van der Waals surface area (Å²) in [4.78, 5) is 41.2. The Morgan fingerprint density at radius 1 is 1.37 bits per heavy atom. The number of hydrogen-bond donors (Lipinski definition) is 2. The predicted molar refractivity (Wildman–Crippen MR) is 99.5 cm³/mol. The molecule has 0 aliphatic carbocycles. The fraction of sp³-hybridized carbons (Fsp3) is 0.333. The molecule has 0 aromatic carbocycles. The second-order valence-corrected chi connectivity index (χ2v) is 7.31. The molecule has 142 valence electrons. The normalized spacial score (nSPS) is 11.0. The number of nitrogens with one attached hydrogen (secondary N) is 1. The van der Waals surface area contributed by atoms with E-state index in [0.717, 1.165) is 22.7 Å². The van der Waals surface area contributed by atoms with Gasteiger partial charge in [0, 0.05) is 18.9 Å². The fourth-order valence-electron chi connectivity index (χ4n) is 2.45. The third-order valence-corrected chi connectivity index (χ3v) is 5.29. The summed E-state index contributed by atoms with van der Waals surface area (Å²) in [6, 6.07) is 0. The first-order valence-corrected chi connectivity index (χ1v) is 9.49. The summed E-state index contributed by atoms with van der Waals surface area (Å²) < 4.78 is 6.13. The molecule has 1 amide bonds. The first-order chi connectivity index (χ1) is 12.9. The van der Waals surface area contributed by atoms with Crippen LogP contribution in [-0.4, -0.2) is 43.8 Å². The second-order valence-electron chi connectivity index (χ2n) is 5.39. The molecule has 3 rings (SSSR count). The van der Waals surface area contributed by atoms with Crippen LogP contribution in [0.1, 0.15) is 28.1 Å². The van der Waals surface area contributed by atoms with E-state index < -0.39 is 17.4 Å². The molecular formula is C15H15N5O5S2. The SMILES string of the molecule is CCc1nc2scc(C(=O)O)c2c(=O)n1CC(=O)Nc1nnc(COC)s1. The number of thiophene rings is 1. The number of ether oxygens (including phenoxy) is 1. The van der Waals surface area contributed by atoms with Crippen molar-refractivity contribution >= 4 is 49.9 Å². The van der Waals surface area contributed by atoms with Crippen LogP contribution in [0.15, 0.2) is 10.2 Å². The van der Waals surface area contributed by atoms with E-state index in [2.05, 4.69) is 20.5 Å². The number of anilines is 1. The molecular weight excluding hydrogens is 394 g/mol. The summed E-state index contributed by atoms with van der Waals surface area (Å²) in [6.07, 6.45) is 0.412. The Hall–Kier alpha value is -2.70. The summed E-state index contributed by atoms with van der Waals surface area (Å²) >= 11 is 2.25. The number of aromatic nitrogens is 4. The van der Waals surface area contributed by atoms with Gasteiger partial charge in [-0.05, 0) is 0 Å². The molecule has 0 radical (unpaired) electrons. The highest BCUT2D eigenvalue weighted by atomic mass is 32.1. The molecule has 10 nitrogen and oxygen atoms in total. The number of hydrogen-bond acceptors (Lipinski definition) is 9. The molecule has 27 heavy (non-hydrogen) atoms. The molecule has 3 aromatic rings. The van der Waals surface area contributed by atoms with Gasteiger partial charge >= 0.3 is 5.97 Å². The zero-order valence-electron chi connectivity index (χ0n) is 14.4. The molecule has 0 unspecified atom stereocenters. The average Bonchev–Trinajstić information content (AvgIpc) is 3.24. The standard InChI is InChI=1S/C15H15N5O5S2/c1-3-8-16-12-11(7(6-26-12)14(23)24)13(22)20(8)4-9(21)17-15-19-18-10(27-15)5-25-2/h6H,3-5H2,1-2H3,(H,23,24)(H,17,19,21). The molecule has 2 N–H and O–H groups in total. The van der Waals surface area contributed by atoms with Crippen molar-refractivity contribution in [2.75, 3.05) is 12.4 Å². The Morgan fingerprint density at radius 2 is 2.15 bits per heavy atom. The molecule has 0 fully saturated rings. The maximum atomic E-state index is 12.8. The van der Waals surface area contributed by atoms with Gasteiger partial charge in [-0.2, -0.15) is 0 Å². The number of carbonyl (C=O) groups is 2. The van der Waals surface area contributed by atoms with Crippen molar-refractivity contribution in [1.82, 2.24) is 19.7 Å². The largest absolute Gasteiger partial charge is 0.478 e. The molecule has 0 aliphatic heterocycles. The van der Waals surface area contributed by atoms with E-state index in [1.54, 1.807) is 6.92 Å². The molecule has 0 bridgehead atoms. The number of carboxylic acids is 1. The van der Waals surface area contributed by atoms with Gasteiger partial charge in [0.15, 0.2) is 0 Å². The minimum absolute atomic E-state index is 0.01000. The van der Waals surface area contributed by atoms with Crippen molar-refractivity contribution in [3.63, 3.8) is 0 Å². The first kappa shape index (κ1) is 19.1. The Morgan fingerprint density at radius 3 is 2.81 bits per heavy atom. The Balaban J connectivity index is 1.91. The lowest BCUT2D eigenvalue weighted by Crippen LogP contribution is -2.31. The average molecular weight is 409 g/mol. The van der Waals surface area contributed by atoms with Gasteiger partial charge in [-0.15, -0.1) is 21.5 Å². The number of aryl methyl sites for hydroxylation is 1. The Labute approximate surface area is 160 Å². The Kier molecular flexibility index (Phi) is 5.58. The van der Waals surface area contributed by atoms with Crippen LogP contribution in [0.5, 0.6) is 0 Å². The molecule has 0 aliphatic rings. The smallest absolute Gasteiger partial charge is 0.337 e. The van der Waals surface area contributed by atoms with Gasteiger partial charge in [0.1, 0.15) is 28.8 Å². The number of amides is 1. The third-order valence-electron chi connectivity index (χ3n) is 3.60. The molecule has 3 heterocycles. The van der Waals surface area contributed by atoms with Gasteiger partial charge in [-0.1, -0.05) is 18.3 Å². The Bertz CT molecular complexity index is 1070. The van der Waals surface area contributed by atoms with Gasteiger partial charge in [0.05, 0.1) is 10.9 Å². The van der Waals surface area contributed by atoms with Gasteiger partial charge in [-0.25, -0.2) is 9.78 Å². The van der Waals surface area contributed by atoms with Gasteiger partial charge < -0.3 is 9.84 Å². The number of fused-ring (bicyclic) bond motifs is 1. The number of rotatable bonds is 7. The summed E-state index contributed by atoms with van der Waals surface area (Å²) in [5, 5.41) is 21.8. The highest BCUT2D eigenvalue weighted by Gasteiger charge is 2.20. The van der Waals surface area contributed by atoms with Gasteiger partial charge in [0.2, 0.25) is 11.0 Å². The highest BCUT2D eigenvalue weighted by Crippen LogP contribution is 2.22. The van der Waals surface area contributed by atoms with Crippen LogP contribution < -0.4 is 10.9 Å². The van der Waals surface area contributed by atoms with Crippen molar-refractivity contribution in [3.05, 3.63) is 32.1 Å². The van der Waals surface area contributed by atoms with Crippen molar-refractivity contribution in [1.29, 1.82) is 0 Å². The lowest BCUT2D eigenvalue weighted by atomic mass is 10.2. The number of nitrogens with zero attached hydrogens (tertiary/aromatic N) is 4. The lowest BCUT2D eigenvalue weighted by Gasteiger charge is -2.10. The van der Waals surface area contributed by atoms with Crippen LogP contribution in [0.4, 0.5) is 5.13 Å².